The Hall–Kier alpha value is -3.30. The first-order valence-electron chi connectivity index (χ1n) is 10.5. The van der Waals surface area contributed by atoms with E-state index in [4.69, 9.17) is 11.6 Å². The Labute approximate surface area is 188 Å². The molecule has 1 amide bonds. The van der Waals surface area contributed by atoms with Gasteiger partial charge in [-0.3, -0.25) is 9.69 Å². The van der Waals surface area contributed by atoms with Crippen molar-refractivity contribution in [1.82, 2.24) is 0 Å². The van der Waals surface area contributed by atoms with E-state index < -0.39 is 0 Å². The maximum atomic E-state index is 13.5. The van der Waals surface area contributed by atoms with Crippen LogP contribution in [0, 0.1) is 0 Å². The normalized spacial score (nSPS) is 14.8. The fraction of sp³-hybridized carbons (Fsp3) is 0.148. The van der Waals surface area contributed by atoms with E-state index in [0.29, 0.717) is 10.6 Å². The van der Waals surface area contributed by atoms with Crippen molar-refractivity contribution in [2.45, 2.75) is 13.8 Å². The average Bonchev–Trinajstić information content (AvgIpc) is 3.13. The smallest absolute Gasteiger partial charge is 0.262 e. The van der Waals surface area contributed by atoms with Crippen LogP contribution in [0.15, 0.2) is 90.5 Å². The Morgan fingerprint density at radius 3 is 2.13 bits per heavy atom. The summed E-state index contributed by atoms with van der Waals surface area (Å²) in [5.41, 5.74) is 5.48. The van der Waals surface area contributed by atoms with E-state index >= 15 is 0 Å². The summed E-state index contributed by atoms with van der Waals surface area (Å²) in [5.74, 6) is -0.0376. The van der Waals surface area contributed by atoms with Crippen LogP contribution < -0.4 is 9.80 Å². The van der Waals surface area contributed by atoms with Gasteiger partial charge in [0.1, 0.15) is 0 Å². The Kier molecular flexibility index (Phi) is 6.24. The van der Waals surface area contributed by atoms with Crippen molar-refractivity contribution in [2.24, 2.45) is 0 Å². The molecule has 0 bridgehead atoms. The Morgan fingerprint density at radius 1 is 0.871 bits per heavy atom. The standard InChI is InChI=1S/C27H25ClN2O/c1-3-29(4-2)24-14-16-25(17-15-24)30-26(21-8-6-5-7-9-21)19-22(27(30)31)18-20-10-12-23(28)13-11-20/h5-19H,3-4H2,1-2H3. The molecule has 1 heterocycles. The van der Waals surface area contributed by atoms with Gasteiger partial charge in [0.2, 0.25) is 0 Å². The highest BCUT2D eigenvalue weighted by molar-refractivity contribution is 6.30. The quantitative estimate of drug-likeness (QED) is 0.410. The van der Waals surface area contributed by atoms with Crippen molar-refractivity contribution < 1.29 is 4.79 Å². The van der Waals surface area contributed by atoms with Crippen LogP contribution in [0.25, 0.3) is 11.8 Å². The van der Waals surface area contributed by atoms with Gasteiger partial charge in [-0.1, -0.05) is 54.1 Å². The molecule has 1 aliphatic heterocycles. The Bertz CT molecular complexity index is 1110. The molecule has 156 valence electrons. The lowest BCUT2D eigenvalue weighted by molar-refractivity contribution is -0.113. The van der Waals surface area contributed by atoms with Crippen LogP contribution in [-0.2, 0) is 4.79 Å². The van der Waals surface area contributed by atoms with Crippen LogP contribution in [0.3, 0.4) is 0 Å². The molecule has 4 rings (SSSR count). The van der Waals surface area contributed by atoms with Gasteiger partial charge in [0.25, 0.3) is 5.91 Å². The van der Waals surface area contributed by atoms with Gasteiger partial charge in [0, 0.05) is 35.1 Å². The van der Waals surface area contributed by atoms with Crippen molar-refractivity contribution in [2.75, 3.05) is 22.9 Å². The summed E-state index contributed by atoms with van der Waals surface area (Å²) in [6.07, 6.45) is 3.87. The highest BCUT2D eigenvalue weighted by Gasteiger charge is 2.30. The molecule has 31 heavy (non-hydrogen) atoms. The molecule has 0 spiro atoms. The second-order valence-electron chi connectivity index (χ2n) is 7.38. The molecule has 0 aliphatic carbocycles. The zero-order valence-electron chi connectivity index (χ0n) is 17.8. The van der Waals surface area contributed by atoms with E-state index in [1.165, 1.54) is 0 Å². The summed E-state index contributed by atoms with van der Waals surface area (Å²) in [4.78, 5) is 17.5. The molecule has 4 heteroatoms. The average molecular weight is 429 g/mol. The third kappa shape index (κ3) is 4.42. The van der Waals surface area contributed by atoms with Gasteiger partial charge < -0.3 is 4.90 Å². The largest absolute Gasteiger partial charge is 0.372 e. The second-order valence-corrected chi connectivity index (χ2v) is 7.81. The predicted octanol–water partition coefficient (Wildman–Crippen LogP) is 6.66. The lowest BCUT2D eigenvalue weighted by Crippen LogP contribution is -2.25. The summed E-state index contributed by atoms with van der Waals surface area (Å²) in [7, 11) is 0. The number of hydrogen-bond acceptors (Lipinski definition) is 2. The molecule has 0 fully saturated rings. The van der Waals surface area contributed by atoms with E-state index in [0.717, 1.165) is 41.3 Å². The van der Waals surface area contributed by atoms with Crippen molar-refractivity contribution in [1.29, 1.82) is 0 Å². The van der Waals surface area contributed by atoms with Crippen LogP contribution in [0.4, 0.5) is 11.4 Å². The number of halogens is 1. The van der Waals surface area contributed by atoms with Crippen molar-refractivity contribution in [3.63, 3.8) is 0 Å². The third-order valence-electron chi connectivity index (χ3n) is 5.48. The van der Waals surface area contributed by atoms with Crippen molar-refractivity contribution >= 4 is 40.7 Å². The number of benzene rings is 3. The lowest BCUT2D eigenvalue weighted by atomic mass is 10.1. The molecule has 0 radical (unpaired) electrons. The molecule has 0 saturated carbocycles. The van der Waals surface area contributed by atoms with E-state index in [9.17, 15) is 4.79 Å². The number of carbonyl (C=O) groups is 1. The predicted molar refractivity (Wildman–Crippen MR) is 131 cm³/mol. The van der Waals surface area contributed by atoms with Gasteiger partial charge in [-0.2, -0.15) is 0 Å². The monoisotopic (exact) mass is 428 g/mol. The van der Waals surface area contributed by atoms with E-state index in [1.807, 2.05) is 78.9 Å². The van der Waals surface area contributed by atoms with Crippen LogP contribution in [-0.4, -0.2) is 19.0 Å². The number of carbonyl (C=O) groups excluding carboxylic acids is 1. The molecule has 3 nitrogen and oxygen atoms in total. The minimum atomic E-state index is -0.0376. The van der Waals surface area contributed by atoms with Crippen LogP contribution >= 0.6 is 11.6 Å². The molecule has 0 atom stereocenters. The van der Waals surface area contributed by atoms with Gasteiger partial charge >= 0.3 is 0 Å². The van der Waals surface area contributed by atoms with Crippen LogP contribution in [0.2, 0.25) is 5.02 Å². The first kappa shape index (κ1) is 21.0. The summed E-state index contributed by atoms with van der Waals surface area (Å²) in [6.45, 7) is 6.18. The number of amides is 1. The summed E-state index contributed by atoms with van der Waals surface area (Å²) < 4.78 is 0. The Morgan fingerprint density at radius 2 is 1.52 bits per heavy atom. The topological polar surface area (TPSA) is 23.6 Å². The summed E-state index contributed by atoms with van der Waals surface area (Å²) in [5, 5.41) is 0.676. The molecular weight excluding hydrogens is 404 g/mol. The van der Waals surface area contributed by atoms with E-state index in [1.54, 1.807) is 4.90 Å². The fourth-order valence-corrected chi connectivity index (χ4v) is 3.96. The molecule has 0 N–H and O–H groups in total. The first-order chi connectivity index (χ1) is 15.1. The lowest BCUT2D eigenvalue weighted by Gasteiger charge is -2.24. The number of nitrogens with zero attached hydrogens (tertiary/aromatic N) is 2. The molecule has 0 aromatic heterocycles. The zero-order chi connectivity index (χ0) is 21.8. The molecule has 0 saturated heterocycles. The maximum absolute atomic E-state index is 13.5. The molecule has 1 aliphatic rings. The number of rotatable bonds is 6. The SMILES string of the molecule is CCN(CC)c1ccc(N2C(=O)C(=Cc3ccc(Cl)cc3)C=C2c2ccccc2)cc1. The highest BCUT2D eigenvalue weighted by Crippen LogP contribution is 2.36. The fourth-order valence-electron chi connectivity index (χ4n) is 3.83. The van der Waals surface area contributed by atoms with E-state index in [-0.39, 0.29) is 5.91 Å². The van der Waals surface area contributed by atoms with Gasteiger partial charge in [0.15, 0.2) is 0 Å². The molecule has 3 aromatic rings. The molecule has 0 unspecified atom stereocenters. The maximum Gasteiger partial charge on any atom is 0.262 e. The van der Waals surface area contributed by atoms with E-state index in [2.05, 4.69) is 30.9 Å². The summed E-state index contributed by atoms with van der Waals surface area (Å²) >= 11 is 6.01. The molecule has 3 aromatic carbocycles. The van der Waals surface area contributed by atoms with Gasteiger partial charge in [-0.05, 0) is 73.5 Å². The second kappa shape index (κ2) is 9.23. The third-order valence-corrected chi connectivity index (χ3v) is 5.73. The van der Waals surface area contributed by atoms with Crippen LogP contribution in [0.1, 0.15) is 25.0 Å². The van der Waals surface area contributed by atoms with Gasteiger partial charge in [-0.15, -0.1) is 0 Å². The van der Waals surface area contributed by atoms with Crippen LogP contribution in [0.5, 0.6) is 0 Å². The minimum absolute atomic E-state index is 0.0376. The highest BCUT2D eigenvalue weighted by atomic mass is 35.5. The summed E-state index contributed by atoms with van der Waals surface area (Å²) in [6, 6.07) is 25.7. The molecular formula is C27H25ClN2O. The number of hydrogen-bond donors (Lipinski definition) is 0. The number of anilines is 2. The van der Waals surface area contributed by atoms with Crippen molar-refractivity contribution in [3.05, 3.63) is 107 Å². The Balaban J connectivity index is 1.74. The minimum Gasteiger partial charge on any atom is -0.372 e. The first-order valence-corrected chi connectivity index (χ1v) is 10.9. The zero-order valence-corrected chi connectivity index (χ0v) is 18.5. The van der Waals surface area contributed by atoms with Crippen molar-refractivity contribution in [3.8, 4) is 0 Å². The van der Waals surface area contributed by atoms with Gasteiger partial charge in [0.05, 0.1) is 5.70 Å². The van der Waals surface area contributed by atoms with Gasteiger partial charge in [-0.25, -0.2) is 0 Å².